The Morgan fingerprint density at radius 1 is 1.20 bits per heavy atom. The van der Waals surface area contributed by atoms with E-state index in [1.165, 1.54) is 5.56 Å². The summed E-state index contributed by atoms with van der Waals surface area (Å²) in [5.41, 5.74) is 2.72. The zero-order valence-electron chi connectivity index (χ0n) is 10.9. The number of pyridine rings is 1. The van der Waals surface area contributed by atoms with Gasteiger partial charge in [0.25, 0.3) is 5.91 Å². The van der Waals surface area contributed by atoms with Gasteiger partial charge in [-0.25, -0.2) is 4.98 Å². The molecule has 2 heterocycles. The molecular formula is C16H13N3O. The number of nitriles is 1. The minimum absolute atomic E-state index is 0.144. The lowest BCUT2D eigenvalue weighted by Crippen LogP contribution is -2.36. The molecular weight excluding hydrogens is 250 g/mol. The van der Waals surface area contributed by atoms with Gasteiger partial charge in [0, 0.05) is 12.2 Å². The molecule has 20 heavy (non-hydrogen) atoms. The molecule has 0 spiro atoms. The summed E-state index contributed by atoms with van der Waals surface area (Å²) in [6.45, 7) is 0.689. The van der Waals surface area contributed by atoms with E-state index in [0.717, 1.165) is 18.5 Å². The average molecular weight is 263 g/mol. The van der Waals surface area contributed by atoms with Gasteiger partial charge in [0.2, 0.25) is 0 Å². The molecule has 0 atom stereocenters. The van der Waals surface area contributed by atoms with Gasteiger partial charge in [-0.15, -0.1) is 0 Å². The number of benzene rings is 1. The minimum atomic E-state index is -0.144. The second-order valence-corrected chi connectivity index (χ2v) is 4.71. The van der Waals surface area contributed by atoms with Crippen molar-refractivity contribution < 1.29 is 4.79 Å². The van der Waals surface area contributed by atoms with E-state index in [1.807, 2.05) is 30.3 Å². The Hall–Kier alpha value is -2.67. The summed E-state index contributed by atoms with van der Waals surface area (Å²) >= 11 is 0. The van der Waals surface area contributed by atoms with Crippen LogP contribution in [0.2, 0.25) is 0 Å². The lowest BCUT2D eigenvalue weighted by atomic mass is 10.0. The lowest BCUT2D eigenvalue weighted by Gasteiger charge is -2.29. The van der Waals surface area contributed by atoms with Crippen molar-refractivity contribution in [3.63, 3.8) is 0 Å². The molecule has 1 aliphatic heterocycles. The number of fused-ring (bicyclic) bond motifs is 1. The van der Waals surface area contributed by atoms with Gasteiger partial charge in [-0.2, -0.15) is 5.26 Å². The molecule has 1 amide bonds. The first-order valence-electron chi connectivity index (χ1n) is 6.56. The van der Waals surface area contributed by atoms with Crippen molar-refractivity contribution in [2.75, 3.05) is 11.4 Å². The van der Waals surface area contributed by atoms with Gasteiger partial charge in [0.15, 0.2) is 0 Å². The van der Waals surface area contributed by atoms with E-state index in [1.54, 1.807) is 23.1 Å². The van der Waals surface area contributed by atoms with Gasteiger partial charge in [0.1, 0.15) is 17.5 Å². The molecule has 3 rings (SSSR count). The second kappa shape index (κ2) is 5.14. The molecule has 0 radical (unpaired) electrons. The van der Waals surface area contributed by atoms with Crippen LogP contribution in [-0.2, 0) is 6.42 Å². The van der Waals surface area contributed by atoms with Gasteiger partial charge >= 0.3 is 0 Å². The molecule has 0 bridgehead atoms. The molecule has 0 saturated carbocycles. The number of nitrogens with zero attached hydrogens (tertiary/aromatic N) is 3. The van der Waals surface area contributed by atoms with E-state index in [2.05, 4.69) is 4.98 Å². The van der Waals surface area contributed by atoms with Crippen LogP contribution >= 0.6 is 0 Å². The Balaban J connectivity index is 1.98. The van der Waals surface area contributed by atoms with Crippen molar-refractivity contribution in [2.24, 2.45) is 0 Å². The first-order chi connectivity index (χ1) is 9.79. The van der Waals surface area contributed by atoms with Crippen LogP contribution in [-0.4, -0.2) is 17.4 Å². The van der Waals surface area contributed by atoms with Gasteiger partial charge in [0.05, 0.1) is 0 Å². The van der Waals surface area contributed by atoms with Crippen molar-refractivity contribution in [3.8, 4) is 6.07 Å². The SMILES string of the molecule is N#Cc1cccc(C(=O)N2CCCc3ccccc32)n1. The monoisotopic (exact) mass is 263 g/mol. The number of anilines is 1. The van der Waals surface area contributed by atoms with E-state index in [-0.39, 0.29) is 11.6 Å². The summed E-state index contributed by atoms with van der Waals surface area (Å²) in [5.74, 6) is -0.144. The summed E-state index contributed by atoms with van der Waals surface area (Å²) in [7, 11) is 0. The van der Waals surface area contributed by atoms with Crippen molar-refractivity contribution in [3.05, 3.63) is 59.4 Å². The predicted molar refractivity (Wildman–Crippen MR) is 75.4 cm³/mol. The van der Waals surface area contributed by atoms with Crippen LogP contribution in [0.3, 0.4) is 0 Å². The van der Waals surface area contributed by atoms with Crippen LogP contribution in [0.1, 0.15) is 28.2 Å². The molecule has 1 aromatic heterocycles. The van der Waals surface area contributed by atoms with E-state index in [0.29, 0.717) is 12.2 Å². The van der Waals surface area contributed by atoms with Crippen molar-refractivity contribution in [2.45, 2.75) is 12.8 Å². The smallest absolute Gasteiger partial charge is 0.276 e. The molecule has 98 valence electrons. The van der Waals surface area contributed by atoms with E-state index >= 15 is 0 Å². The number of para-hydroxylation sites is 1. The molecule has 0 saturated heterocycles. The maximum Gasteiger partial charge on any atom is 0.276 e. The number of amides is 1. The third-order valence-corrected chi connectivity index (χ3v) is 3.44. The largest absolute Gasteiger partial charge is 0.307 e. The van der Waals surface area contributed by atoms with Crippen LogP contribution in [0.5, 0.6) is 0 Å². The van der Waals surface area contributed by atoms with Crippen molar-refractivity contribution in [1.82, 2.24) is 4.98 Å². The predicted octanol–water partition coefficient (Wildman–Crippen LogP) is 2.55. The summed E-state index contributed by atoms with van der Waals surface area (Å²) < 4.78 is 0. The van der Waals surface area contributed by atoms with E-state index in [4.69, 9.17) is 5.26 Å². The van der Waals surface area contributed by atoms with Crippen LogP contribution < -0.4 is 4.90 Å². The zero-order valence-corrected chi connectivity index (χ0v) is 10.9. The van der Waals surface area contributed by atoms with E-state index < -0.39 is 0 Å². The van der Waals surface area contributed by atoms with Crippen LogP contribution in [0.15, 0.2) is 42.5 Å². The summed E-state index contributed by atoms with van der Waals surface area (Å²) in [4.78, 5) is 18.4. The van der Waals surface area contributed by atoms with Crippen molar-refractivity contribution >= 4 is 11.6 Å². The fourth-order valence-corrected chi connectivity index (χ4v) is 2.50. The lowest BCUT2D eigenvalue weighted by molar-refractivity contribution is 0.0980. The highest BCUT2D eigenvalue weighted by Gasteiger charge is 2.24. The number of rotatable bonds is 1. The summed E-state index contributed by atoms with van der Waals surface area (Å²) in [6.07, 6.45) is 1.94. The normalized spacial score (nSPS) is 13.4. The Bertz CT molecular complexity index is 703. The number of hydrogen-bond acceptors (Lipinski definition) is 3. The number of carbonyl (C=O) groups excluding carboxylic acids is 1. The average Bonchev–Trinajstić information content (AvgIpc) is 2.53. The highest BCUT2D eigenvalue weighted by atomic mass is 16.2. The van der Waals surface area contributed by atoms with Crippen LogP contribution in [0.25, 0.3) is 0 Å². The Morgan fingerprint density at radius 2 is 2.05 bits per heavy atom. The minimum Gasteiger partial charge on any atom is -0.307 e. The first-order valence-corrected chi connectivity index (χ1v) is 6.56. The fourth-order valence-electron chi connectivity index (χ4n) is 2.50. The molecule has 1 aliphatic rings. The number of aromatic nitrogens is 1. The van der Waals surface area contributed by atoms with Crippen LogP contribution in [0.4, 0.5) is 5.69 Å². The number of carbonyl (C=O) groups is 1. The maximum absolute atomic E-state index is 12.6. The van der Waals surface area contributed by atoms with E-state index in [9.17, 15) is 4.79 Å². The van der Waals surface area contributed by atoms with Gasteiger partial charge < -0.3 is 4.90 Å². The highest BCUT2D eigenvalue weighted by molar-refractivity contribution is 6.05. The highest BCUT2D eigenvalue weighted by Crippen LogP contribution is 2.27. The zero-order chi connectivity index (χ0) is 13.9. The Labute approximate surface area is 117 Å². The molecule has 4 heteroatoms. The molecule has 4 nitrogen and oxygen atoms in total. The third-order valence-electron chi connectivity index (χ3n) is 3.44. The number of aryl methyl sites for hydroxylation is 1. The molecule has 0 fully saturated rings. The molecule has 0 N–H and O–H groups in total. The Morgan fingerprint density at radius 3 is 2.90 bits per heavy atom. The molecule has 2 aromatic rings. The summed E-state index contributed by atoms with van der Waals surface area (Å²) in [5, 5.41) is 8.87. The van der Waals surface area contributed by atoms with Gasteiger partial charge in [-0.1, -0.05) is 24.3 Å². The molecule has 0 unspecified atom stereocenters. The van der Waals surface area contributed by atoms with Gasteiger partial charge in [-0.05, 0) is 36.6 Å². The second-order valence-electron chi connectivity index (χ2n) is 4.71. The van der Waals surface area contributed by atoms with Crippen LogP contribution in [0, 0.1) is 11.3 Å². The summed E-state index contributed by atoms with van der Waals surface area (Å²) in [6, 6.07) is 14.8. The quantitative estimate of drug-likeness (QED) is 0.794. The standard InChI is InChI=1S/C16H13N3O/c17-11-13-7-3-8-14(18-13)16(20)19-10-4-6-12-5-1-2-9-15(12)19/h1-3,5,7-9H,4,6,10H2. The topological polar surface area (TPSA) is 57.0 Å². The third kappa shape index (κ3) is 2.14. The molecule has 1 aromatic carbocycles. The fraction of sp³-hybridized carbons (Fsp3) is 0.188. The maximum atomic E-state index is 12.6. The first kappa shape index (κ1) is 12.4. The Kier molecular flexibility index (Phi) is 3.18. The number of hydrogen-bond donors (Lipinski definition) is 0. The van der Waals surface area contributed by atoms with Gasteiger partial charge in [-0.3, -0.25) is 4.79 Å². The van der Waals surface area contributed by atoms with Crippen molar-refractivity contribution in [1.29, 1.82) is 5.26 Å². The molecule has 0 aliphatic carbocycles.